The third-order valence-electron chi connectivity index (χ3n) is 3.69. The van der Waals surface area contributed by atoms with Crippen molar-refractivity contribution in [3.05, 3.63) is 52.6 Å². The number of benzene rings is 1. The van der Waals surface area contributed by atoms with Crippen LogP contribution >= 0.6 is 15.9 Å². The standard InChI is InChI=1S/C17H18BrN3O2/c18-13-3-1-5-15(9-13)23-16-7-6-12(10-20-16)17(22)21-11-14-4-2-8-19-14/h1,3,5-7,9-10,14,19H,2,4,8,11H2,(H,21,22). The highest BCUT2D eigenvalue weighted by Crippen LogP contribution is 2.22. The van der Waals surface area contributed by atoms with Crippen LogP contribution in [0.4, 0.5) is 0 Å². The molecule has 0 spiro atoms. The number of hydrogen-bond acceptors (Lipinski definition) is 4. The maximum Gasteiger partial charge on any atom is 0.252 e. The Morgan fingerprint density at radius 3 is 3.00 bits per heavy atom. The molecule has 2 aromatic rings. The van der Waals surface area contributed by atoms with Crippen LogP contribution in [0, 0.1) is 0 Å². The molecule has 120 valence electrons. The van der Waals surface area contributed by atoms with E-state index in [0.29, 0.717) is 29.8 Å². The van der Waals surface area contributed by atoms with Crippen molar-refractivity contribution in [3.8, 4) is 11.6 Å². The Morgan fingerprint density at radius 2 is 2.30 bits per heavy atom. The highest BCUT2D eigenvalue weighted by atomic mass is 79.9. The van der Waals surface area contributed by atoms with Crippen LogP contribution in [0.15, 0.2) is 47.1 Å². The third kappa shape index (κ3) is 4.53. The minimum Gasteiger partial charge on any atom is -0.439 e. The van der Waals surface area contributed by atoms with Gasteiger partial charge in [-0.2, -0.15) is 0 Å². The van der Waals surface area contributed by atoms with E-state index in [2.05, 4.69) is 31.5 Å². The van der Waals surface area contributed by atoms with Crippen molar-refractivity contribution in [2.45, 2.75) is 18.9 Å². The molecule has 0 saturated carbocycles. The van der Waals surface area contributed by atoms with Crippen LogP contribution in [0.1, 0.15) is 23.2 Å². The minimum atomic E-state index is -0.111. The quantitative estimate of drug-likeness (QED) is 0.842. The number of carbonyl (C=O) groups is 1. The van der Waals surface area contributed by atoms with Gasteiger partial charge in [0.1, 0.15) is 5.75 Å². The van der Waals surface area contributed by atoms with Crippen molar-refractivity contribution in [3.63, 3.8) is 0 Å². The maximum absolute atomic E-state index is 12.1. The lowest BCUT2D eigenvalue weighted by Crippen LogP contribution is -2.37. The molecule has 23 heavy (non-hydrogen) atoms. The van der Waals surface area contributed by atoms with E-state index in [4.69, 9.17) is 4.74 Å². The lowest BCUT2D eigenvalue weighted by atomic mass is 10.2. The molecule has 2 heterocycles. The molecule has 1 aromatic carbocycles. The van der Waals surface area contributed by atoms with Crippen molar-refractivity contribution in [1.82, 2.24) is 15.6 Å². The second-order valence-corrected chi connectivity index (χ2v) is 6.36. The normalized spacial score (nSPS) is 17.0. The Balaban J connectivity index is 1.56. The third-order valence-corrected chi connectivity index (χ3v) is 4.18. The SMILES string of the molecule is O=C(NCC1CCCN1)c1ccc(Oc2cccc(Br)c2)nc1. The fraction of sp³-hybridized carbons (Fsp3) is 0.294. The summed E-state index contributed by atoms with van der Waals surface area (Å²) in [5.41, 5.74) is 0.532. The molecular formula is C17H18BrN3O2. The molecule has 0 bridgehead atoms. The predicted molar refractivity (Wildman–Crippen MR) is 91.8 cm³/mol. The average molecular weight is 376 g/mol. The highest BCUT2D eigenvalue weighted by molar-refractivity contribution is 9.10. The van der Waals surface area contributed by atoms with Gasteiger partial charge in [0.15, 0.2) is 0 Å². The van der Waals surface area contributed by atoms with Crippen LogP contribution in [-0.2, 0) is 0 Å². The number of hydrogen-bond donors (Lipinski definition) is 2. The number of ether oxygens (including phenoxy) is 1. The smallest absolute Gasteiger partial charge is 0.252 e. The summed E-state index contributed by atoms with van der Waals surface area (Å²) in [5, 5.41) is 6.28. The summed E-state index contributed by atoms with van der Waals surface area (Å²) in [6.07, 6.45) is 3.81. The Hall–Kier alpha value is -1.92. The largest absolute Gasteiger partial charge is 0.439 e. The van der Waals surface area contributed by atoms with E-state index < -0.39 is 0 Å². The van der Waals surface area contributed by atoms with Gasteiger partial charge in [0.05, 0.1) is 5.56 Å². The van der Waals surface area contributed by atoms with Gasteiger partial charge in [0.25, 0.3) is 5.91 Å². The molecule has 1 amide bonds. The molecule has 0 aliphatic carbocycles. The first-order chi connectivity index (χ1) is 11.2. The van der Waals surface area contributed by atoms with Crippen LogP contribution in [-0.4, -0.2) is 30.0 Å². The van der Waals surface area contributed by atoms with E-state index in [1.165, 1.54) is 12.6 Å². The van der Waals surface area contributed by atoms with Crippen LogP contribution in [0.25, 0.3) is 0 Å². The van der Waals surface area contributed by atoms with Gasteiger partial charge in [-0.05, 0) is 43.7 Å². The first kappa shape index (κ1) is 16.0. The predicted octanol–water partition coefficient (Wildman–Crippen LogP) is 3.12. The van der Waals surface area contributed by atoms with E-state index in [1.54, 1.807) is 12.1 Å². The van der Waals surface area contributed by atoms with Gasteiger partial charge >= 0.3 is 0 Å². The zero-order valence-electron chi connectivity index (χ0n) is 12.6. The summed E-state index contributed by atoms with van der Waals surface area (Å²) in [5.74, 6) is 1.04. The Labute approximate surface area is 143 Å². The summed E-state index contributed by atoms with van der Waals surface area (Å²) in [6.45, 7) is 1.68. The van der Waals surface area contributed by atoms with E-state index in [1.807, 2.05) is 24.3 Å². The molecule has 2 N–H and O–H groups in total. The van der Waals surface area contributed by atoms with Crippen LogP contribution < -0.4 is 15.4 Å². The Kier molecular flexibility index (Phi) is 5.25. The highest BCUT2D eigenvalue weighted by Gasteiger charge is 2.15. The van der Waals surface area contributed by atoms with Crippen LogP contribution in [0.2, 0.25) is 0 Å². The van der Waals surface area contributed by atoms with Gasteiger partial charge in [0.2, 0.25) is 5.88 Å². The topological polar surface area (TPSA) is 63.2 Å². The number of rotatable bonds is 5. The number of pyridine rings is 1. The Bertz CT molecular complexity index is 670. The number of halogens is 1. The molecule has 1 aliphatic rings. The zero-order valence-corrected chi connectivity index (χ0v) is 14.2. The monoisotopic (exact) mass is 375 g/mol. The maximum atomic E-state index is 12.1. The molecule has 1 unspecified atom stereocenters. The molecule has 0 radical (unpaired) electrons. The molecule has 1 aromatic heterocycles. The molecular weight excluding hydrogens is 358 g/mol. The van der Waals surface area contributed by atoms with E-state index >= 15 is 0 Å². The number of nitrogens with zero attached hydrogens (tertiary/aromatic N) is 1. The summed E-state index contributed by atoms with van der Waals surface area (Å²) >= 11 is 3.39. The van der Waals surface area contributed by atoms with Gasteiger partial charge in [0, 0.05) is 29.3 Å². The van der Waals surface area contributed by atoms with Crippen molar-refractivity contribution < 1.29 is 9.53 Å². The molecule has 1 saturated heterocycles. The lowest BCUT2D eigenvalue weighted by molar-refractivity contribution is 0.0950. The molecule has 5 nitrogen and oxygen atoms in total. The fourth-order valence-electron chi connectivity index (χ4n) is 2.48. The first-order valence-electron chi connectivity index (χ1n) is 7.62. The zero-order chi connectivity index (χ0) is 16.1. The molecule has 1 atom stereocenters. The minimum absolute atomic E-state index is 0.111. The van der Waals surface area contributed by atoms with Gasteiger partial charge in [-0.1, -0.05) is 22.0 Å². The van der Waals surface area contributed by atoms with E-state index in [-0.39, 0.29) is 5.91 Å². The lowest BCUT2D eigenvalue weighted by Gasteiger charge is -2.11. The van der Waals surface area contributed by atoms with Gasteiger partial charge in [-0.3, -0.25) is 4.79 Å². The van der Waals surface area contributed by atoms with E-state index in [9.17, 15) is 4.79 Å². The number of amides is 1. The first-order valence-corrected chi connectivity index (χ1v) is 8.41. The summed E-state index contributed by atoms with van der Waals surface area (Å²) < 4.78 is 6.59. The summed E-state index contributed by atoms with van der Waals surface area (Å²) in [4.78, 5) is 16.3. The number of aromatic nitrogens is 1. The number of carbonyl (C=O) groups excluding carboxylic acids is 1. The van der Waals surface area contributed by atoms with Crippen LogP contribution in [0.5, 0.6) is 11.6 Å². The van der Waals surface area contributed by atoms with Crippen molar-refractivity contribution in [2.24, 2.45) is 0 Å². The van der Waals surface area contributed by atoms with Gasteiger partial charge < -0.3 is 15.4 Å². The molecule has 6 heteroatoms. The molecule has 1 fully saturated rings. The van der Waals surface area contributed by atoms with Gasteiger partial charge in [-0.15, -0.1) is 0 Å². The van der Waals surface area contributed by atoms with Crippen molar-refractivity contribution in [2.75, 3.05) is 13.1 Å². The van der Waals surface area contributed by atoms with Crippen molar-refractivity contribution in [1.29, 1.82) is 0 Å². The van der Waals surface area contributed by atoms with Crippen molar-refractivity contribution >= 4 is 21.8 Å². The second kappa shape index (κ2) is 7.57. The number of nitrogens with one attached hydrogen (secondary N) is 2. The second-order valence-electron chi connectivity index (χ2n) is 5.45. The average Bonchev–Trinajstić information content (AvgIpc) is 3.07. The summed E-state index contributed by atoms with van der Waals surface area (Å²) in [6, 6.07) is 11.3. The Morgan fingerprint density at radius 1 is 1.39 bits per heavy atom. The molecule has 3 rings (SSSR count). The van der Waals surface area contributed by atoms with Gasteiger partial charge in [-0.25, -0.2) is 4.98 Å². The fourth-order valence-corrected chi connectivity index (χ4v) is 2.85. The summed E-state index contributed by atoms with van der Waals surface area (Å²) in [7, 11) is 0. The van der Waals surface area contributed by atoms with E-state index in [0.717, 1.165) is 17.4 Å². The van der Waals surface area contributed by atoms with Crippen LogP contribution in [0.3, 0.4) is 0 Å². The molecule has 1 aliphatic heterocycles.